The molecule has 1 heterocycles. The van der Waals surface area contributed by atoms with Crippen molar-refractivity contribution in [3.8, 4) is 0 Å². The summed E-state index contributed by atoms with van der Waals surface area (Å²) >= 11 is 3.40. The first-order valence-electron chi connectivity index (χ1n) is 5.94. The molecule has 0 radical (unpaired) electrons. The number of aryl methyl sites for hydroxylation is 1. The van der Waals surface area contributed by atoms with Gasteiger partial charge in [-0.1, -0.05) is 15.9 Å². The van der Waals surface area contributed by atoms with Crippen molar-refractivity contribution in [1.82, 2.24) is 9.78 Å². The smallest absolute Gasteiger partial charge is 0.273 e. The number of halogens is 1. The lowest BCUT2D eigenvalue weighted by Gasteiger charge is -2.12. The molecule has 2 aromatic rings. The van der Waals surface area contributed by atoms with Crippen molar-refractivity contribution in [2.75, 3.05) is 17.2 Å². The number of hydrogen-bond acceptors (Lipinski definition) is 3. The van der Waals surface area contributed by atoms with Gasteiger partial charge in [0.05, 0.1) is 11.4 Å². The average Bonchev–Trinajstić information content (AvgIpc) is 2.79. The van der Waals surface area contributed by atoms with Crippen molar-refractivity contribution in [1.29, 1.82) is 0 Å². The number of hydrogen-bond donors (Lipinski definition) is 2. The Labute approximate surface area is 120 Å². The molecule has 0 aliphatic carbocycles. The fourth-order valence-corrected chi connectivity index (χ4v) is 2.11. The first-order chi connectivity index (χ1) is 9.11. The SMILES string of the molecule is CCNc1ccc(Br)cc1NC(=O)c1ccnn1C. The Morgan fingerprint density at radius 1 is 1.37 bits per heavy atom. The second-order valence-corrected chi connectivity index (χ2v) is 4.93. The van der Waals surface area contributed by atoms with Crippen LogP contribution in [0.2, 0.25) is 0 Å². The monoisotopic (exact) mass is 322 g/mol. The van der Waals surface area contributed by atoms with Crippen LogP contribution in [0.5, 0.6) is 0 Å². The van der Waals surface area contributed by atoms with Gasteiger partial charge in [0.1, 0.15) is 5.69 Å². The zero-order chi connectivity index (χ0) is 13.8. The minimum atomic E-state index is -0.183. The van der Waals surface area contributed by atoms with Gasteiger partial charge in [0.25, 0.3) is 5.91 Å². The molecule has 2 rings (SSSR count). The van der Waals surface area contributed by atoms with Gasteiger partial charge in [-0.15, -0.1) is 0 Å². The van der Waals surface area contributed by atoms with Gasteiger partial charge in [0.2, 0.25) is 0 Å². The second kappa shape index (κ2) is 5.88. The van der Waals surface area contributed by atoms with E-state index in [1.807, 2.05) is 25.1 Å². The van der Waals surface area contributed by atoms with Crippen LogP contribution in [0, 0.1) is 0 Å². The second-order valence-electron chi connectivity index (χ2n) is 4.01. The van der Waals surface area contributed by atoms with Crippen LogP contribution in [0.1, 0.15) is 17.4 Å². The standard InChI is InChI=1S/C13H15BrN4O/c1-3-15-10-5-4-9(14)8-11(10)17-13(19)12-6-7-16-18(12)2/h4-8,15H,3H2,1-2H3,(H,17,19). The number of carbonyl (C=O) groups is 1. The third-order valence-electron chi connectivity index (χ3n) is 2.65. The summed E-state index contributed by atoms with van der Waals surface area (Å²) in [6, 6.07) is 7.40. The quantitative estimate of drug-likeness (QED) is 0.910. The first kappa shape index (κ1) is 13.6. The predicted molar refractivity (Wildman–Crippen MR) is 79.5 cm³/mol. The number of benzene rings is 1. The predicted octanol–water partition coefficient (Wildman–Crippen LogP) is 2.87. The molecule has 5 nitrogen and oxygen atoms in total. The molecule has 0 aliphatic rings. The zero-order valence-corrected chi connectivity index (χ0v) is 12.4. The fraction of sp³-hybridized carbons (Fsp3) is 0.231. The highest BCUT2D eigenvalue weighted by molar-refractivity contribution is 9.10. The van der Waals surface area contributed by atoms with Gasteiger partial charge in [-0.2, -0.15) is 5.10 Å². The van der Waals surface area contributed by atoms with Gasteiger partial charge >= 0.3 is 0 Å². The lowest BCUT2D eigenvalue weighted by atomic mass is 10.2. The topological polar surface area (TPSA) is 58.9 Å². The molecule has 1 aromatic carbocycles. The van der Waals surface area contributed by atoms with E-state index in [1.165, 1.54) is 0 Å². The first-order valence-corrected chi connectivity index (χ1v) is 6.74. The molecule has 0 spiro atoms. The Balaban J connectivity index is 2.25. The van der Waals surface area contributed by atoms with Crippen molar-refractivity contribution >= 4 is 33.2 Å². The molecule has 0 atom stereocenters. The van der Waals surface area contributed by atoms with Crippen molar-refractivity contribution in [2.45, 2.75) is 6.92 Å². The molecule has 6 heteroatoms. The molecule has 19 heavy (non-hydrogen) atoms. The Kier molecular flexibility index (Phi) is 4.21. The van der Waals surface area contributed by atoms with Gasteiger partial charge in [0.15, 0.2) is 0 Å². The maximum atomic E-state index is 12.1. The molecule has 0 bridgehead atoms. The number of rotatable bonds is 4. The molecule has 2 N–H and O–H groups in total. The zero-order valence-electron chi connectivity index (χ0n) is 10.8. The summed E-state index contributed by atoms with van der Waals surface area (Å²) in [5.41, 5.74) is 2.14. The summed E-state index contributed by atoms with van der Waals surface area (Å²) in [6.45, 7) is 2.80. The Hall–Kier alpha value is -1.82. The number of nitrogens with zero attached hydrogens (tertiary/aromatic N) is 2. The molecular formula is C13H15BrN4O. The van der Waals surface area contributed by atoms with Crippen LogP contribution in [-0.2, 0) is 7.05 Å². The summed E-state index contributed by atoms with van der Waals surface area (Å²) in [5.74, 6) is -0.183. The summed E-state index contributed by atoms with van der Waals surface area (Å²) in [5, 5.41) is 10.1. The number of carbonyl (C=O) groups excluding carboxylic acids is 1. The van der Waals surface area contributed by atoms with Crippen LogP contribution < -0.4 is 10.6 Å². The Bertz CT molecular complexity index is 594. The number of anilines is 2. The fourth-order valence-electron chi connectivity index (χ4n) is 1.75. The van der Waals surface area contributed by atoms with Gasteiger partial charge in [-0.3, -0.25) is 9.48 Å². The van der Waals surface area contributed by atoms with Crippen molar-refractivity contribution in [3.63, 3.8) is 0 Å². The van der Waals surface area contributed by atoms with E-state index in [2.05, 4.69) is 31.7 Å². The Morgan fingerprint density at radius 3 is 2.79 bits per heavy atom. The van der Waals surface area contributed by atoms with Crippen LogP contribution in [0.4, 0.5) is 11.4 Å². The van der Waals surface area contributed by atoms with Gasteiger partial charge < -0.3 is 10.6 Å². The van der Waals surface area contributed by atoms with Crippen LogP contribution >= 0.6 is 15.9 Å². The van der Waals surface area contributed by atoms with Crippen LogP contribution in [-0.4, -0.2) is 22.2 Å². The molecule has 0 aliphatic heterocycles. The van der Waals surface area contributed by atoms with Crippen LogP contribution in [0.25, 0.3) is 0 Å². The minimum Gasteiger partial charge on any atom is -0.384 e. The highest BCUT2D eigenvalue weighted by Crippen LogP contribution is 2.26. The molecule has 1 amide bonds. The van der Waals surface area contributed by atoms with Crippen LogP contribution in [0.3, 0.4) is 0 Å². The third-order valence-corrected chi connectivity index (χ3v) is 3.14. The summed E-state index contributed by atoms with van der Waals surface area (Å²) in [4.78, 5) is 12.1. The van der Waals surface area contributed by atoms with E-state index in [0.29, 0.717) is 5.69 Å². The maximum Gasteiger partial charge on any atom is 0.273 e. The van der Waals surface area contributed by atoms with E-state index in [4.69, 9.17) is 0 Å². The summed E-state index contributed by atoms with van der Waals surface area (Å²) < 4.78 is 2.45. The largest absolute Gasteiger partial charge is 0.384 e. The van der Waals surface area contributed by atoms with E-state index < -0.39 is 0 Å². The molecule has 1 aromatic heterocycles. The number of aromatic nitrogens is 2. The summed E-state index contributed by atoms with van der Waals surface area (Å²) in [6.07, 6.45) is 1.60. The maximum absolute atomic E-state index is 12.1. The van der Waals surface area contributed by atoms with E-state index in [-0.39, 0.29) is 5.91 Å². The Morgan fingerprint density at radius 2 is 2.16 bits per heavy atom. The number of nitrogens with one attached hydrogen (secondary N) is 2. The van der Waals surface area contributed by atoms with Gasteiger partial charge in [-0.25, -0.2) is 0 Å². The van der Waals surface area contributed by atoms with Gasteiger partial charge in [0, 0.05) is 24.3 Å². The minimum absolute atomic E-state index is 0.183. The average molecular weight is 323 g/mol. The molecule has 0 fully saturated rings. The van der Waals surface area contributed by atoms with Crippen molar-refractivity contribution in [2.24, 2.45) is 7.05 Å². The van der Waals surface area contributed by atoms with Crippen LogP contribution in [0.15, 0.2) is 34.9 Å². The van der Waals surface area contributed by atoms with E-state index in [0.717, 1.165) is 22.4 Å². The van der Waals surface area contributed by atoms with Crippen molar-refractivity contribution in [3.05, 3.63) is 40.6 Å². The lowest BCUT2D eigenvalue weighted by molar-refractivity contribution is 0.101. The van der Waals surface area contributed by atoms with E-state index >= 15 is 0 Å². The van der Waals surface area contributed by atoms with E-state index in [9.17, 15) is 4.79 Å². The normalized spacial score (nSPS) is 10.3. The third kappa shape index (κ3) is 3.14. The number of amides is 1. The summed E-state index contributed by atoms with van der Waals surface area (Å²) in [7, 11) is 1.74. The lowest BCUT2D eigenvalue weighted by Crippen LogP contribution is -2.17. The highest BCUT2D eigenvalue weighted by Gasteiger charge is 2.12. The van der Waals surface area contributed by atoms with E-state index in [1.54, 1.807) is 24.0 Å². The molecule has 0 saturated carbocycles. The molecule has 0 unspecified atom stereocenters. The molecule has 100 valence electrons. The highest BCUT2D eigenvalue weighted by atomic mass is 79.9. The van der Waals surface area contributed by atoms with Gasteiger partial charge in [-0.05, 0) is 31.2 Å². The van der Waals surface area contributed by atoms with Crippen molar-refractivity contribution < 1.29 is 4.79 Å². The molecular weight excluding hydrogens is 308 g/mol. The molecule has 0 saturated heterocycles.